The lowest BCUT2D eigenvalue weighted by Gasteiger charge is -2.25. The monoisotopic (exact) mass is 333 g/mol. The second-order valence-electron chi connectivity index (χ2n) is 7.66. The van der Waals surface area contributed by atoms with Gasteiger partial charge in [0.15, 0.2) is 0 Å². The lowest BCUT2D eigenvalue weighted by Crippen LogP contribution is -3.07. The van der Waals surface area contributed by atoms with E-state index in [4.69, 9.17) is 0 Å². The Morgan fingerprint density at radius 3 is 2.28 bits per heavy atom. The van der Waals surface area contributed by atoms with Gasteiger partial charge in [-0.05, 0) is 43.7 Å². The Kier molecular flexibility index (Phi) is 4.82. The molecule has 0 bridgehead atoms. The van der Waals surface area contributed by atoms with Gasteiger partial charge < -0.3 is 4.90 Å². The van der Waals surface area contributed by atoms with Crippen molar-refractivity contribution in [3.63, 3.8) is 0 Å². The molecule has 25 heavy (non-hydrogen) atoms. The number of hydrogen-bond donors (Lipinski definition) is 1. The lowest BCUT2D eigenvalue weighted by atomic mass is 9.80. The molecule has 0 radical (unpaired) electrons. The summed E-state index contributed by atoms with van der Waals surface area (Å²) in [7, 11) is 6.40. The molecule has 2 unspecified atom stereocenters. The second-order valence-corrected chi connectivity index (χ2v) is 7.66. The van der Waals surface area contributed by atoms with Crippen LogP contribution in [0.2, 0.25) is 0 Å². The van der Waals surface area contributed by atoms with Gasteiger partial charge >= 0.3 is 0 Å². The number of rotatable bonds is 4. The summed E-state index contributed by atoms with van der Waals surface area (Å²) in [6.45, 7) is 4.70. The smallest absolute Gasteiger partial charge is 0.135 e. The van der Waals surface area contributed by atoms with Crippen LogP contribution in [0.15, 0.2) is 66.8 Å². The van der Waals surface area contributed by atoms with Crippen LogP contribution in [-0.2, 0) is 5.41 Å². The quantitative estimate of drug-likeness (QED) is 0.836. The average molecular weight is 333 g/mol. The lowest BCUT2D eigenvalue weighted by molar-refractivity contribution is -0.828. The Morgan fingerprint density at radius 1 is 0.960 bits per heavy atom. The molecule has 130 valence electrons. The Morgan fingerprint density at radius 2 is 1.64 bits per heavy atom. The summed E-state index contributed by atoms with van der Waals surface area (Å²) in [6, 6.07) is 17.9. The fourth-order valence-electron chi connectivity index (χ4n) is 3.88. The maximum atomic E-state index is 2.35. The minimum absolute atomic E-state index is 0.151. The molecular weight excluding hydrogens is 304 g/mol. The van der Waals surface area contributed by atoms with Crippen LogP contribution in [0.1, 0.15) is 25.0 Å². The highest BCUT2D eigenvalue weighted by molar-refractivity contribution is 5.56. The van der Waals surface area contributed by atoms with E-state index in [2.05, 4.69) is 113 Å². The van der Waals surface area contributed by atoms with Crippen LogP contribution < -0.4 is 9.80 Å². The molecule has 1 heterocycles. The van der Waals surface area contributed by atoms with E-state index in [1.165, 1.54) is 27.4 Å². The van der Waals surface area contributed by atoms with Crippen molar-refractivity contribution in [1.82, 2.24) is 0 Å². The first-order chi connectivity index (χ1) is 11.9. The van der Waals surface area contributed by atoms with Gasteiger partial charge in [-0.3, -0.25) is 4.90 Å². The van der Waals surface area contributed by atoms with Crippen LogP contribution in [0.4, 0.5) is 11.4 Å². The Bertz CT molecular complexity index is 782. The van der Waals surface area contributed by atoms with Gasteiger partial charge in [-0.1, -0.05) is 48.6 Å². The summed E-state index contributed by atoms with van der Waals surface area (Å²) in [5.74, 6) is 0. The fraction of sp³-hybridized carbons (Fsp3) is 0.304. The Labute approximate surface area is 152 Å². The number of benzene rings is 2. The summed E-state index contributed by atoms with van der Waals surface area (Å²) >= 11 is 0. The predicted octanol–water partition coefficient (Wildman–Crippen LogP) is 3.83. The van der Waals surface area contributed by atoms with Crippen LogP contribution in [0.25, 0.3) is 6.08 Å². The SMILES string of the molecule is CN(C)c1ccc(/C=C/C=C/C2[NH+](C)c3ccccc3C2(C)C)cc1. The standard InChI is InChI=1S/C23H28N2/c1-23(2)20-11-7-8-12-21(20)25(5)22(23)13-9-6-10-18-14-16-19(17-15-18)24(3)4/h6-17,22H,1-5H3/p+1/b10-6+,13-9+. The highest BCUT2D eigenvalue weighted by Gasteiger charge is 2.45. The first-order valence-electron chi connectivity index (χ1n) is 8.97. The highest BCUT2D eigenvalue weighted by Crippen LogP contribution is 2.36. The van der Waals surface area contributed by atoms with E-state index in [0.29, 0.717) is 6.04 Å². The van der Waals surface area contributed by atoms with Crippen molar-refractivity contribution in [2.75, 3.05) is 26.0 Å². The van der Waals surface area contributed by atoms with Crippen molar-refractivity contribution >= 4 is 17.5 Å². The first kappa shape index (κ1) is 17.5. The van der Waals surface area contributed by atoms with Crippen molar-refractivity contribution < 1.29 is 4.90 Å². The number of hydrogen-bond acceptors (Lipinski definition) is 1. The van der Waals surface area contributed by atoms with Gasteiger partial charge in [0.2, 0.25) is 0 Å². The van der Waals surface area contributed by atoms with E-state index in [9.17, 15) is 0 Å². The number of quaternary nitrogens is 1. The number of allylic oxidation sites excluding steroid dienone is 2. The normalized spacial score (nSPS) is 21.8. The number of nitrogens with zero attached hydrogens (tertiary/aromatic N) is 1. The maximum absolute atomic E-state index is 2.35. The molecule has 1 aliphatic rings. The van der Waals surface area contributed by atoms with Crippen LogP contribution in [0.3, 0.4) is 0 Å². The van der Waals surface area contributed by atoms with Crippen LogP contribution in [0, 0.1) is 0 Å². The topological polar surface area (TPSA) is 7.68 Å². The van der Waals surface area contributed by atoms with Gasteiger partial charge in [-0.15, -0.1) is 0 Å². The van der Waals surface area contributed by atoms with E-state index < -0.39 is 0 Å². The van der Waals surface area contributed by atoms with Crippen molar-refractivity contribution in [2.24, 2.45) is 0 Å². The zero-order valence-corrected chi connectivity index (χ0v) is 16.0. The molecule has 0 aromatic heterocycles. The summed E-state index contributed by atoms with van der Waals surface area (Å²) in [6.07, 6.45) is 8.86. The third kappa shape index (κ3) is 3.40. The molecule has 2 heteroatoms. The molecule has 2 nitrogen and oxygen atoms in total. The number of anilines is 1. The van der Waals surface area contributed by atoms with Gasteiger partial charge in [0.05, 0.1) is 12.5 Å². The van der Waals surface area contributed by atoms with Crippen molar-refractivity contribution in [2.45, 2.75) is 25.3 Å². The Hall–Kier alpha value is -2.32. The summed E-state index contributed by atoms with van der Waals surface area (Å²) in [5.41, 5.74) is 5.49. The van der Waals surface area contributed by atoms with E-state index in [0.717, 1.165) is 0 Å². The van der Waals surface area contributed by atoms with Gasteiger partial charge in [-0.25, -0.2) is 0 Å². The molecular formula is C23H29N2+. The van der Waals surface area contributed by atoms with Crippen molar-refractivity contribution in [1.29, 1.82) is 0 Å². The fourth-order valence-corrected chi connectivity index (χ4v) is 3.88. The number of nitrogens with one attached hydrogen (secondary N) is 1. The average Bonchev–Trinajstić information content (AvgIpc) is 2.79. The van der Waals surface area contributed by atoms with Gasteiger partial charge in [-0.2, -0.15) is 0 Å². The highest BCUT2D eigenvalue weighted by atomic mass is 15.2. The third-order valence-corrected chi connectivity index (χ3v) is 5.40. The van der Waals surface area contributed by atoms with Gasteiger partial charge in [0.1, 0.15) is 11.7 Å². The van der Waals surface area contributed by atoms with E-state index in [1.54, 1.807) is 0 Å². The van der Waals surface area contributed by atoms with Crippen LogP contribution in [-0.4, -0.2) is 27.2 Å². The zero-order valence-electron chi connectivity index (χ0n) is 16.0. The molecule has 1 aliphatic heterocycles. The number of para-hydroxylation sites is 1. The van der Waals surface area contributed by atoms with Crippen LogP contribution in [0.5, 0.6) is 0 Å². The van der Waals surface area contributed by atoms with E-state index >= 15 is 0 Å². The van der Waals surface area contributed by atoms with Gasteiger partial charge in [0, 0.05) is 25.3 Å². The number of fused-ring (bicyclic) bond motifs is 1. The summed E-state index contributed by atoms with van der Waals surface area (Å²) in [5, 5.41) is 0. The maximum Gasteiger partial charge on any atom is 0.135 e. The summed E-state index contributed by atoms with van der Waals surface area (Å²) < 4.78 is 0. The van der Waals surface area contributed by atoms with Crippen LogP contribution >= 0.6 is 0 Å². The molecule has 0 saturated heterocycles. The molecule has 1 N–H and O–H groups in total. The molecule has 0 spiro atoms. The molecule has 3 rings (SSSR count). The summed E-state index contributed by atoms with van der Waals surface area (Å²) in [4.78, 5) is 3.59. The molecule has 2 atom stereocenters. The van der Waals surface area contributed by atoms with Crippen molar-refractivity contribution in [3.05, 3.63) is 77.9 Å². The number of likely N-dealkylation sites (N-methyl/N-ethyl adjacent to an activating group) is 1. The predicted molar refractivity (Wildman–Crippen MR) is 109 cm³/mol. The van der Waals surface area contributed by atoms with E-state index in [-0.39, 0.29) is 5.41 Å². The van der Waals surface area contributed by atoms with Gasteiger partial charge in [0.25, 0.3) is 0 Å². The van der Waals surface area contributed by atoms with E-state index in [1.807, 2.05) is 0 Å². The third-order valence-electron chi connectivity index (χ3n) is 5.40. The zero-order chi connectivity index (χ0) is 18.0. The molecule has 2 aromatic rings. The molecule has 0 fully saturated rings. The minimum atomic E-state index is 0.151. The molecule has 0 saturated carbocycles. The second kappa shape index (κ2) is 6.89. The molecule has 2 aromatic carbocycles. The first-order valence-corrected chi connectivity index (χ1v) is 8.97. The molecule has 0 aliphatic carbocycles. The largest absolute Gasteiger partial charge is 0.378 e. The van der Waals surface area contributed by atoms with Crippen molar-refractivity contribution in [3.8, 4) is 0 Å². The minimum Gasteiger partial charge on any atom is -0.378 e. The Balaban J connectivity index is 1.72. The molecule has 0 amide bonds.